The van der Waals surface area contributed by atoms with Gasteiger partial charge in [-0.05, 0) is 6.42 Å². The lowest BCUT2D eigenvalue weighted by Gasteiger charge is -2.00. The number of hydrogen-bond donors (Lipinski definition) is 0. The maximum atomic E-state index is 8.24. The van der Waals surface area contributed by atoms with Gasteiger partial charge in [0.25, 0.3) is 0 Å². The molecule has 0 amide bonds. The Morgan fingerprint density at radius 1 is 1.55 bits per heavy atom. The van der Waals surface area contributed by atoms with Gasteiger partial charge in [-0.15, -0.1) is 4.99 Å². The van der Waals surface area contributed by atoms with Gasteiger partial charge in [0.2, 0.25) is 12.1 Å². The van der Waals surface area contributed by atoms with E-state index in [2.05, 4.69) is 4.99 Å². The highest BCUT2D eigenvalue weighted by atomic mass is 16.5. The number of hydrogen-bond acceptors (Lipinski definition) is 4. The second-order valence-electron chi connectivity index (χ2n) is 1.79. The van der Waals surface area contributed by atoms with E-state index in [1.54, 1.807) is 6.19 Å². The molecule has 0 aliphatic heterocycles. The van der Waals surface area contributed by atoms with Crippen molar-refractivity contribution >= 4 is 5.90 Å². The third-order valence-corrected chi connectivity index (χ3v) is 0.878. The van der Waals surface area contributed by atoms with Gasteiger partial charge in [-0.3, -0.25) is 0 Å². The fourth-order valence-electron chi connectivity index (χ4n) is 0.466. The van der Waals surface area contributed by atoms with Crippen molar-refractivity contribution in [1.82, 2.24) is 0 Å². The Bertz CT molecular complexity index is 209. The van der Waals surface area contributed by atoms with E-state index >= 15 is 0 Å². The highest BCUT2D eigenvalue weighted by Crippen LogP contribution is 1.90. The second-order valence-corrected chi connectivity index (χ2v) is 1.79. The molecule has 0 rings (SSSR count). The molecule has 0 fully saturated rings. The van der Waals surface area contributed by atoms with Gasteiger partial charge in [0.05, 0.1) is 12.7 Å². The molecule has 0 saturated carbocycles. The Hall–Kier alpha value is -1.55. The zero-order chi connectivity index (χ0) is 8.53. The van der Waals surface area contributed by atoms with Crippen LogP contribution in [-0.4, -0.2) is 12.5 Å². The standard InChI is InChI=1S/C7H9N3O/c1-2-5-11-7(3-4-8)10-6-9/h2-3,5H2,1H3/b10-7+. The predicted molar refractivity (Wildman–Crippen MR) is 39.5 cm³/mol. The smallest absolute Gasteiger partial charge is 0.213 e. The minimum atomic E-state index is 0.0631. The van der Waals surface area contributed by atoms with Gasteiger partial charge >= 0.3 is 0 Å². The summed E-state index contributed by atoms with van der Waals surface area (Å²) in [5.74, 6) is 0.205. The van der Waals surface area contributed by atoms with Crippen LogP contribution in [0.15, 0.2) is 4.99 Å². The Morgan fingerprint density at radius 2 is 2.27 bits per heavy atom. The first-order valence-corrected chi connectivity index (χ1v) is 3.30. The Balaban J connectivity index is 3.84. The summed E-state index contributed by atoms with van der Waals surface area (Å²) in [4.78, 5) is 3.33. The topological polar surface area (TPSA) is 69.2 Å². The Morgan fingerprint density at radius 3 is 2.73 bits per heavy atom. The summed E-state index contributed by atoms with van der Waals surface area (Å²) in [6, 6.07) is 1.85. The van der Waals surface area contributed by atoms with Crippen molar-refractivity contribution in [2.24, 2.45) is 4.99 Å². The molecule has 0 unspecified atom stereocenters. The van der Waals surface area contributed by atoms with E-state index in [0.29, 0.717) is 6.61 Å². The average molecular weight is 151 g/mol. The van der Waals surface area contributed by atoms with Crippen LogP contribution in [0.2, 0.25) is 0 Å². The van der Waals surface area contributed by atoms with Crippen molar-refractivity contribution < 1.29 is 4.74 Å². The molecule has 0 saturated heterocycles. The molecule has 0 aliphatic carbocycles. The van der Waals surface area contributed by atoms with Crippen LogP contribution in [0.1, 0.15) is 19.8 Å². The van der Waals surface area contributed by atoms with Crippen molar-refractivity contribution in [3.05, 3.63) is 0 Å². The number of nitrogens with zero attached hydrogens (tertiary/aromatic N) is 3. The molecule has 0 spiro atoms. The lowest BCUT2D eigenvalue weighted by molar-refractivity contribution is 0.299. The highest BCUT2D eigenvalue weighted by Gasteiger charge is 1.97. The van der Waals surface area contributed by atoms with Crippen LogP contribution in [0.25, 0.3) is 0 Å². The molecular formula is C7H9N3O. The van der Waals surface area contributed by atoms with Crippen LogP contribution < -0.4 is 0 Å². The SMILES string of the molecule is CCCO/C(CC#N)=N/C#N. The largest absolute Gasteiger partial charge is 0.480 e. The van der Waals surface area contributed by atoms with E-state index in [0.717, 1.165) is 6.42 Å². The van der Waals surface area contributed by atoms with Crippen LogP contribution in [0.4, 0.5) is 0 Å². The fraction of sp³-hybridized carbons (Fsp3) is 0.571. The number of nitriles is 2. The molecule has 0 aromatic carbocycles. The predicted octanol–water partition coefficient (Wildman–Crippen LogP) is 1.21. The molecule has 0 aromatic rings. The highest BCUT2D eigenvalue weighted by molar-refractivity contribution is 5.78. The third kappa shape index (κ3) is 4.92. The lowest BCUT2D eigenvalue weighted by atomic mass is 10.4. The first kappa shape index (κ1) is 9.45. The van der Waals surface area contributed by atoms with Crippen LogP contribution in [-0.2, 0) is 4.74 Å². The van der Waals surface area contributed by atoms with Crippen molar-refractivity contribution in [2.45, 2.75) is 19.8 Å². The first-order valence-electron chi connectivity index (χ1n) is 3.30. The second kappa shape index (κ2) is 6.57. The molecular weight excluding hydrogens is 142 g/mol. The number of rotatable bonds is 3. The molecule has 0 radical (unpaired) electrons. The number of ether oxygens (including phenoxy) is 1. The van der Waals surface area contributed by atoms with Gasteiger partial charge in [0, 0.05) is 0 Å². The summed E-state index contributed by atoms with van der Waals surface area (Å²) in [5.41, 5.74) is 0. The molecule has 4 heteroatoms. The maximum Gasteiger partial charge on any atom is 0.213 e. The van der Waals surface area contributed by atoms with Gasteiger partial charge in [0.1, 0.15) is 6.42 Å². The number of aliphatic imine (C=N–C) groups is 1. The summed E-state index contributed by atoms with van der Waals surface area (Å²) >= 11 is 0. The van der Waals surface area contributed by atoms with Crippen molar-refractivity contribution in [3.63, 3.8) is 0 Å². The summed E-state index contributed by atoms with van der Waals surface area (Å²) in [6.07, 6.45) is 2.48. The third-order valence-electron chi connectivity index (χ3n) is 0.878. The summed E-state index contributed by atoms with van der Waals surface area (Å²) in [7, 11) is 0. The Labute approximate surface area is 65.7 Å². The van der Waals surface area contributed by atoms with Crippen LogP contribution in [0, 0.1) is 22.8 Å². The van der Waals surface area contributed by atoms with Crippen LogP contribution >= 0.6 is 0 Å². The molecule has 0 heterocycles. The van der Waals surface area contributed by atoms with E-state index in [1.807, 2.05) is 13.0 Å². The molecule has 58 valence electrons. The average Bonchev–Trinajstić information content (AvgIpc) is 2.01. The monoisotopic (exact) mass is 151 g/mol. The Kier molecular flexibility index (Phi) is 5.64. The maximum absolute atomic E-state index is 8.24. The summed E-state index contributed by atoms with van der Waals surface area (Å²) < 4.78 is 4.98. The molecule has 0 aromatic heterocycles. The molecule has 11 heavy (non-hydrogen) atoms. The van der Waals surface area contributed by atoms with Gasteiger partial charge in [-0.1, -0.05) is 6.92 Å². The summed E-state index contributed by atoms with van der Waals surface area (Å²) in [6.45, 7) is 2.44. The molecule has 4 nitrogen and oxygen atoms in total. The van der Waals surface area contributed by atoms with Gasteiger partial charge in [-0.2, -0.15) is 10.5 Å². The van der Waals surface area contributed by atoms with E-state index in [-0.39, 0.29) is 12.3 Å². The van der Waals surface area contributed by atoms with Gasteiger partial charge < -0.3 is 4.74 Å². The minimum Gasteiger partial charge on any atom is -0.480 e. The first-order chi connectivity index (χ1) is 5.35. The van der Waals surface area contributed by atoms with E-state index in [1.165, 1.54) is 0 Å². The minimum absolute atomic E-state index is 0.0631. The van der Waals surface area contributed by atoms with Crippen LogP contribution in [0.5, 0.6) is 0 Å². The molecule has 0 atom stereocenters. The fourth-order valence-corrected chi connectivity index (χ4v) is 0.466. The zero-order valence-electron chi connectivity index (χ0n) is 6.37. The van der Waals surface area contributed by atoms with Crippen LogP contribution in [0.3, 0.4) is 0 Å². The molecule has 0 bridgehead atoms. The van der Waals surface area contributed by atoms with Crippen molar-refractivity contribution in [2.75, 3.05) is 6.61 Å². The lowest BCUT2D eigenvalue weighted by Crippen LogP contribution is -2.04. The van der Waals surface area contributed by atoms with Gasteiger partial charge in [0.15, 0.2) is 0 Å². The molecule has 0 aliphatic rings. The van der Waals surface area contributed by atoms with E-state index in [4.69, 9.17) is 15.3 Å². The normalized spacial score (nSPS) is 9.91. The quantitative estimate of drug-likeness (QED) is 0.346. The molecule has 0 N–H and O–H groups in total. The zero-order valence-corrected chi connectivity index (χ0v) is 6.37. The van der Waals surface area contributed by atoms with Crippen molar-refractivity contribution in [3.8, 4) is 12.3 Å². The van der Waals surface area contributed by atoms with E-state index < -0.39 is 0 Å². The van der Waals surface area contributed by atoms with Crippen molar-refractivity contribution in [1.29, 1.82) is 10.5 Å². The summed E-state index contributed by atoms with van der Waals surface area (Å²) in [5, 5.41) is 16.4. The van der Waals surface area contributed by atoms with Gasteiger partial charge in [-0.25, -0.2) is 0 Å². The van der Waals surface area contributed by atoms with E-state index in [9.17, 15) is 0 Å².